The summed E-state index contributed by atoms with van der Waals surface area (Å²) in [5.41, 5.74) is 0. The molecular weight excluding hydrogens is 997 g/mol. The summed E-state index contributed by atoms with van der Waals surface area (Å²) in [6.45, 7) is 6.52. The molecule has 0 aromatic heterocycles. The van der Waals surface area contributed by atoms with Crippen LogP contribution in [0.2, 0.25) is 0 Å². The van der Waals surface area contributed by atoms with Crippen LogP contribution in [-0.2, 0) is 28.6 Å². The van der Waals surface area contributed by atoms with E-state index in [0.717, 1.165) is 103 Å². The lowest BCUT2D eigenvalue weighted by Crippen LogP contribution is -2.30. The van der Waals surface area contributed by atoms with Gasteiger partial charge in [-0.2, -0.15) is 0 Å². The Bertz CT molecular complexity index is 1580. The average molecular weight is 1130 g/mol. The summed E-state index contributed by atoms with van der Waals surface area (Å²) in [4.78, 5) is 38.4. The first kappa shape index (κ1) is 77.3. The number of hydrogen-bond acceptors (Lipinski definition) is 6. The summed E-state index contributed by atoms with van der Waals surface area (Å²) in [5.74, 6) is -0.932. The molecule has 0 spiro atoms. The molecule has 0 N–H and O–H groups in total. The molecule has 0 saturated carbocycles. The van der Waals surface area contributed by atoms with Gasteiger partial charge in [-0.3, -0.25) is 14.4 Å². The van der Waals surface area contributed by atoms with E-state index in [1.165, 1.54) is 193 Å². The second kappa shape index (κ2) is 68.8. The first-order valence-corrected chi connectivity index (χ1v) is 34.7. The Morgan fingerprint density at radius 3 is 0.790 bits per heavy atom. The Hall–Kier alpha value is -3.67. The fourth-order valence-electron chi connectivity index (χ4n) is 9.89. The van der Waals surface area contributed by atoms with E-state index in [-0.39, 0.29) is 37.5 Å². The van der Waals surface area contributed by atoms with Crippen LogP contribution in [0.3, 0.4) is 0 Å². The number of allylic oxidation sites excluding steroid dienone is 16. The normalized spacial score (nSPS) is 12.7. The second-order valence-corrected chi connectivity index (χ2v) is 23.1. The van der Waals surface area contributed by atoms with E-state index in [0.29, 0.717) is 19.3 Å². The highest BCUT2D eigenvalue weighted by molar-refractivity contribution is 5.71. The van der Waals surface area contributed by atoms with Crippen molar-refractivity contribution >= 4 is 17.9 Å². The molecule has 1 atom stereocenters. The monoisotopic (exact) mass is 1130 g/mol. The molecule has 466 valence electrons. The quantitative estimate of drug-likeness (QED) is 0.0261. The van der Waals surface area contributed by atoms with Crippen LogP contribution in [0, 0.1) is 0 Å². The number of rotatable bonds is 63. The predicted octanol–water partition coefficient (Wildman–Crippen LogP) is 24.0. The zero-order valence-electron chi connectivity index (χ0n) is 53.5. The van der Waals surface area contributed by atoms with Gasteiger partial charge in [-0.05, 0) is 103 Å². The van der Waals surface area contributed by atoms with Crippen molar-refractivity contribution in [1.82, 2.24) is 0 Å². The minimum atomic E-state index is -0.806. The molecule has 6 nitrogen and oxygen atoms in total. The number of carbonyl (C=O) groups is 3. The Labute approximate surface area is 502 Å². The van der Waals surface area contributed by atoms with Crippen LogP contribution in [0.4, 0.5) is 0 Å². The molecule has 1 unspecified atom stereocenters. The van der Waals surface area contributed by atoms with Gasteiger partial charge in [0.2, 0.25) is 0 Å². The van der Waals surface area contributed by atoms with Crippen molar-refractivity contribution in [3.8, 4) is 0 Å². The molecule has 6 heteroatoms. The van der Waals surface area contributed by atoms with Crippen LogP contribution in [-0.4, -0.2) is 37.2 Å². The number of ether oxygens (including phenoxy) is 3. The van der Waals surface area contributed by atoms with Gasteiger partial charge in [0.1, 0.15) is 13.2 Å². The van der Waals surface area contributed by atoms with Crippen LogP contribution in [0.1, 0.15) is 342 Å². The second-order valence-electron chi connectivity index (χ2n) is 23.1. The zero-order valence-corrected chi connectivity index (χ0v) is 53.5. The maximum atomic E-state index is 12.9. The molecule has 0 rings (SSSR count). The summed E-state index contributed by atoms with van der Waals surface area (Å²) < 4.78 is 16.9. The summed E-state index contributed by atoms with van der Waals surface area (Å²) in [6, 6.07) is 0. The van der Waals surface area contributed by atoms with E-state index in [2.05, 4.69) is 118 Å². The van der Waals surface area contributed by atoms with Crippen LogP contribution >= 0.6 is 0 Å². The van der Waals surface area contributed by atoms with Gasteiger partial charge in [-0.25, -0.2) is 0 Å². The molecule has 0 aromatic rings. The Morgan fingerprint density at radius 2 is 0.481 bits per heavy atom. The minimum Gasteiger partial charge on any atom is -0.462 e. The average Bonchev–Trinajstić information content (AvgIpc) is 3.47. The van der Waals surface area contributed by atoms with Gasteiger partial charge in [0.05, 0.1) is 0 Å². The maximum absolute atomic E-state index is 12.9. The third kappa shape index (κ3) is 67.0. The molecule has 0 heterocycles. The van der Waals surface area contributed by atoms with E-state index in [9.17, 15) is 14.4 Å². The topological polar surface area (TPSA) is 78.9 Å². The predicted molar refractivity (Wildman–Crippen MR) is 353 cm³/mol. The number of hydrogen-bond donors (Lipinski definition) is 0. The first-order valence-electron chi connectivity index (χ1n) is 34.7. The Balaban J connectivity index is 4.42. The number of esters is 3. The van der Waals surface area contributed by atoms with Crippen LogP contribution in [0.25, 0.3) is 0 Å². The molecular formula is C75H130O6. The van der Waals surface area contributed by atoms with E-state index in [1.807, 2.05) is 0 Å². The van der Waals surface area contributed by atoms with E-state index in [1.54, 1.807) is 0 Å². The maximum Gasteiger partial charge on any atom is 0.306 e. The number of carbonyl (C=O) groups excluding carboxylic acids is 3. The smallest absolute Gasteiger partial charge is 0.306 e. The molecule has 81 heavy (non-hydrogen) atoms. The molecule has 0 aliphatic heterocycles. The molecule has 0 radical (unpaired) electrons. The van der Waals surface area contributed by atoms with Crippen molar-refractivity contribution in [2.75, 3.05) is 13.2 Å². The van der Waals surface area contributed by atoms with E-state index in [4.69, 9.17) is 14.2 Å². The summed E-state index contributed by atoms with van der Waals surface area (Å²) in [5, 5.41) is 0. The molecule has 0 fully saturated rings. The lowest BCUT2D eigenvalue weighted by molar-refractivity contribution is -0.167. The summed E-state index contributed by atoms with van der Waals surface area (Å²) in [7, 11) is 0. The fourth-order valence-corrected chi connectivity index (χ4v) is 9.89. The third-order valence-electron chi connectivity index (χ3n) is 15.1. The van der Waals surface area contributed by atoms with Gasteiger partial charge in [-0.15, -0.1) is 0 Å². The molecule has 0 bridgehead atoms. The highest BCUT2D eigenvalue weighted by Crippen LogP contribution is 2.17. The first-order chi connectivity index (χ1) is 40.0. The van der Waals surface area contributed by atoms with Gasteiger partial charge >= 0.3 is 17.9 Å². The highest BCUT2D eigenvalue weighted by atomic mass is 16.6. The van der Waals surface area contributed by atoms with Gasteiger partial charge in [0, 0.05) is 19.3 Å². The van der Waals surface area contributed by atoms with Crippen molar-refractivity contribution in [2.24, 2.45) is 0 Å². The zero-order chi connectivity index (χ0) is 58.5. The highest BCUT2D eigenvalue weighted by Gasteiger charge is 2.19. The van der Waals surface area contributed by atoms with Gasteiger partial charge in [-0.1, -0.05) is 317 Å². The molecule has 0 amide bonds. The SMILES string of the molecule is CC/C=C\C/C=C\C/C=C\C/C=C\C/C=C\C/C=C\CCCCC(=O)OC(COC(=O)CCCCCCCCC/C=C\C/C=C\CCCCCC)COC(=O)CCCCCCCCCCCCCCCCCCCCCCCCCC. The Kier molecular flexibility index (Phi) is 65.7. The molecule has 0 saturated heterocycles. The van der Waals surface area contributed by atoms with Gasteiger partial charge in [0.15, 0.2) is 6.10 Å². The summed E-state index contributed by atoms with van der Waals surface area (Å²) in [6.07, 6.45) is 92.9. The lowest BCUT2D eigenvalue weighted by Gasteiger charge is -2.18. The minimum absolute atomic E-state index is 0.0954. The van der Waals surface area contributed by atoms with Gasteiger partial charge < -0.3 is 14.2 Å². The lowest BCUT2D eigenvalue weighted by atomic mass is 10.0. The fraction of sp³-hybridized carbons (Fsp3) is 0.747. The van der Waals surface area contributed by atoms with Crippen molar-refractivity contribution in [2.45, 2.75) is 348 Å². The van der Waals surface area contributed by atoms with Gasteiger partial charge in [0.25, 0.3) is 0 Å². The molecule has 0 aliphatic carbocycles. The van der Waals surface area contributed by atoms with E-state index >= 15 is 0 Å². The van der Waals surface area contributed by atoms with Crippen molar-refractivity contribution in [1.29, 1.82) is 0 Å². The van der Waals surface area contributed by atoms with Crippen LogP contribution in [0.5, 0.6) is 0 Å². The van der Waals surface area contributed by atoms with E-state index < -0.39 is 6.10 Å². The molecule has 0 aromatic carbocycles. The van der Waals surface area contributed by atoms with Crippen LogP contribution in [0.15, 0.2) is 97.2 Å². The summed E-state index contributed by atoms with van der Waals surface area (Å²) >= 11 is 0. The molecule has 0 aliphatic rings. The van der Waals surface area contributed by atoms with Crippen molar-refractivity contribution in [3.63, 3.8) is 0 Å². The third-order valence-corrected chi connectivity index (χ3v) is 15.1. The largest absolute Gasteiger partial charge is 0.462 e. The van der Waals surface area contributed by atoms with Crippen molar-refractivity contribution in [3.05, 3.63) is 97.2 Å². The standard InChI is InChI=1S/C75H130O6/c1-4-7-10-13-16-19-22-25-28-31-34-36-37-38-40-41-44-47-50-53-56-59-62-65-68-74(77)80-71-72(70-79-73(76)67-64-61-58-55-52-49-46-43-33-30-27-24-21-18-15-12-9-6-3)81-75(78)69-66-63-60-57-54-51-48-45-42-39-35-32-29-26-23-20-17-14-11-8-5-2/h8,11,17,20-21,24,26,29-30,33,35,39,45,48,54,57,72H,4-7,9-10,12-16,18-19,22-23,25,27-28,31-32,34,36-38,40-44,46-47,49-53,55-56,58-71H2,1-3H3/b11-8-,20-17-,24-21-,29-26-,33-30-,39-35-,48-45-,57-54-. The Morgan fingerprint density at radius 1 is 0.259 bits per heavy atom. The number of unbranched alkanes of at least 4 members (excludes halogenated alkanes) is 36. The van der Waals surface area contributed by atoms with Crippen molar-refractivity contribution < 1.29 is 28.6 Å². The van der Waals surface area contributed by atoms with Crippen LogP contribution < -0.4 is 0 Å².